The number of amides is 1. The maximum atomic E-state index is 11.1. The molecule has 0 bridgehead atoms. The summed E-state index contributed by atoms with van der Waals surface area (Å²) in [4.78, 5) is 15.1. The highest BCUT2D eigenvalue weighted by Gasteiger charge is 2.04. The molecule has 1 aromatic heterocycles. The van der Waals surface area contributed by atoms with Crippen molar-refractivity contribution in [3.05, 3.63) is 95.3 Å². The molecular formula is C26H26N2O2. The number of hydrogen-bond donors (Lipinski definition) is 1. The van der Waals surface area contributed by atoms with Gasteiger partial charge in [0, 0.05) is 42.9 Å². The first-order valence-electron chi connectivity index (χ1n) is 10.1. The Bertz CT molecular complexity index is 1000. The topological polar surface area (TPSA) is 51.2 Å². The molecule has 0 saturated heterocycles. The number of aromatic nitrogens is 1. The molecule has 3 aromatic rings. The third-order valence-electron chi connectivity index (χ3n) is 4.56. The van der Waals surface area contributed by atoms with Gasteiger partial charge in [-0.3, -0.25) is 9.78 Å². The van der Waals surface area contributed by atoms with Gasteiger partial charge in [0.25, 0.3) is 0 Å². The predicted octanol–water partition coefficient (Wildman–Crippen LogP) is 4.17. The molecule has 1 N–H and O–H groups in total. The molecule has 3 rings (SSSR count). The van der Waals surface area contributed by atoms with Crippen LogP contribution in [-0.4, -0.2) is 23.5 Å². The number of rotatable bonds is 7. The molecular weight excluding hydrogens is 372 g/mol. The second-order valence-electron chi connectivity index (χ2n) is 7.23. The highest BCUT2D eigenvalue weighted by molar-refractivity contribution is 5.73. The van der Waals surface area contributed by atoms with Crippen molar-refractivity contribution >= 4 is 5.91 Å². The first-order valence-corrected chi connectivity index (χ1v) is 10.1. The molecule has 4 nitrogen and oxygen atoms in total. The average Bonchev–Trinajstić information content (AvgIpc) is 2.74. The lowest BCUT2D eigenvalue weighted by atomic mass is 10.0. The maximum absolute atomic E-state index is 11.1. The normalized spacial score (nSPS) is 11.1. The molecule has 0 aliphatic rings. The number of benzene rings is 2. The quantitative estimate of drug-likeness (QED) is 0.608. The number of ether oxygens (including phenoxy) is 1. The lowest BCUT2D eigenvalue weighted by Crippen LogP contribution is -2.31. The van der Waals surface area contributed by atoms with E-state index in [0.29, 0.717) is 6.61 Å². The number of pyridine rings is 1. The predicted molar refractivity (Wildman–Crippen MR) is 119 cm³/mol. The highest BCUT2D eigenvalue weighted by Crippen LogP contribution is 2.13. The Morgan fingerprint density at radius 2 is 1.53 bits per heavy atom. The zero-order valence-electron chi connectivity index (χ0n) is 17.4. The first-order chi connectivity index (χ1) is 14.6. The number of nitrogens with one attached hydrogen (secondary N) is 1. The summed E-state index contributed by atoms with van der Waals surface area (Å²) in [5.41, 5.74) is 4.29. The molecule has 0 aliphatic carbocycles. The van der Waals surface area contributed by atoms with Gasteiger partial charge in [0.1, 0.15) is 5.75 Å². The van der Waals surface area contributed by atoms with Crippen molar-refractivity contribution in [3.63, 3.8) is 0 Å². The summed E-state index contributed by atoms with van der Waals surface area (Å²) < 4.78 is 5.80. The van der Waals surface area contributed by atoms with Crippen LogP contribution in [0.15, 0.2) is 73.1 Å². The van der Waals surface area contributed by atoms with Crippen LogP contribution in [0, 0.1) is 11.8 Å². The van der Waals surface area contributed by atoms with Crippen molar-refractivity contribution in [3.8, 4) is 17.6 Å². The van der Waals surface area contributed by atoms with E-state index >= 15 is 0 Å². The van der Waals surface area contributed by atoms with Crippen LogP contribution < -0.4 is 10.1 Å². The fourth-order valence-corrected chi connectivity index (χ4v) is 3.09. The molecule has 0 saturated carbocycles. The van der Waals surface area contributed by atoms with Gasteiger partial charge in [0.2, 0.25) is 5.91 Å². The number of carbonyl (C=O) groups is 1. The zero-order chi connectivity index (χ0) is 21.2. The molecule has 1 amide bonds. The molecule has 1 atom stereocenters. The Labute approximate surface area is 178 Å². The summed E-state index contributed by atoms with van der Waals surface area (Å²) in [5.74, 6) is 7.21. The van der Waals surface area contributed by atoms with E-state index < -0.39 is 0 Å². The molecule has 0 aliphatic heterocycles. The van der Waals surface area contributed by atoms with Crippen LogP contribution in [0.5, 0.6) is 5.75 Å². The van der Waals surface area contributed by atoms with E-state index in [-0.39, 0.29) is 11.9 Å². The van der Waals surface area contributed by atoms with Crippen LogP contribution in [0.2, 0.25) is 0 Å². The smallest absolute Gasteiger partial charge is 0.217 e. The third-order valence-corrected chi connectivity index (χ3v) is 4.56. The minimum Gasteiger partial charge on any atom is -0.493 e. The lowest BCUT2D eigenvalue weighted by molar-refractivity contribution is -0.119. The summed E-state index contributed by atoms with van der Waals surface area (Å²) >= 11 is 0. The Balaban J connectivity index is 1.50. The van der Waals surface area contributed by atoms with Crippen LogP contribution in [0.1, 0.15) is 36.1 Å². The van der Waals surface area contributed by atoms with Gasteiger partial charge in [0.15, 0.2) is 0 Å². The monoisotopic (exact) mass is 398 g/mol. The van der Waals surface area contributed by atoms with Crippen molar-refractivity contribution < 1.29 is 9.53 Å². The van der Waals surface area contributed by atoms with E-state index in [1.54, 1.807) is 12.4 Å². The van der Waals surface area contributed by atoms with Crippen LogP contribution in [-0.2, 0) is 17.6 Å². The van der Waals surface area contributed by atoms with E-state index in [4.69, 9.17) is 4.74 Å². The summed E-state index contributed by atoms with van der Waals surface area (Å²) in [6.07, 6.45) is 5.24. The molecule has 1 unspecified atom stereocenters. The Morgan fingerprint density at radius 1 is 0.933 bits per heavy atom. The SMILES string of the molecule is CC(=O)NC(C)Cc1ccc(C#Cc2ccc(OCCc3ccncc3)cc2)cc1. The van der Waals surface area contributed by atoms with Gasteiger partial charge in [-0.2, -0.15) is 0 Å². The molecule has 0 radical (unpaired) electrons. The fourth-order valence-electron chi connectivity index (χ4n) is 3.09. The van der Waals surface area contributed by atoms with Crippen LogP contribution >= 0.6 is 0 Å². The van der Waals surface area contributed by atoms with Crippen molar-refractivity contribution in [1.82, 2.24) is 10.3 Å². The maximum Gasteiger partial charge on any atom is 0.217 e. The lowest BCUT2D eigenvalue weighted by Gasteiger charge is -2.12. The number of hydrogen-bond acceptors (Lipinski definition) is 3. The summed E-state index contributed by atoms with van der Waals surface area (Å²) in [6.45, 7) is 4.17. The van der Waals surface area contributed by atoms with E-state index in [9.17, 15) is 4.79 Å². The summed E-state index contributed by atoms with van der Waals surface area (Å²) in [5, 5.41) is 2.90. The van der Waals surface area contributed by atoms with Gasteiger partial charge in [-0.05, 0) is 73.0 Å². The largest absolute Gasteiger partial charge is 0.493 e. The minimum atomic E-state index is -0.00449. The average molecular weight is 399 g/mol. The third kappa shape index (κ3) is 7.10. The fraction of sp³-hybridized carbons (Fsp3) is 0.231. The van der Waals surface area contributed by atoms with Gasteiger partial charge in [-0.25, -0.2) is 0 Å². The molecule has 30 heavy (non-hydrogen) atoms. The number of nitrogens with zero attached hydrogens (tertiary/aromatic N) is 1. The van der Waals surface area contributed by atoms with Gasteiger partial charge in [-0.15, -0.1) is 0 Å². The zero-order valence-corrected chi connectivity index (χ0v) is 17.4. The Morgan fingerprint density at radius 3 is 2.13 bits per heavy atom. The molecule has 1 heterocycles. The second kappa shape index (κ2) is 10.8. The highest BCUT2D eigenvalue weighted by atomic mass is 16.5. The molecule has 152 valence electrons. The van der Waals surface area contributed by atoms with Crippen molar-refractivity contribution in [2.45, 2.75) is 32.7 Å². The molecule has 0 spiro atoms. The second-order valence-corrected chi connectivity index (χ2v) is 7.23. The van der Waals surface area contributed by atoms with Gasteiger partial charge >= 0.3 is 0 Å². The van der Waals surface area contributed by atoms with E-state index in [1.165, 1.54) is 18.1 Å². The van der Waals surface area contributed by atoms with Crippen molar-refractivity contribution in [2.24, 2.45) is 0 Å². The van der Waals surface area contributed by atoms with Crippen LogP contribution in [0.4, 0.5) is 0 Å². The molecule has 4 heteroatoms. The van der Waals surface area contributed by atoms with E-state index in [1.807, 2.05) is 55.5 Å². The van der Waals surface area contributed by atoms with Gasteiger partial charge in [-0.1, -0.05) is 24.0 Å². The minimum absolute atomic E-state index is 0.00449. The van der Waals surface area contributed by atoms with E-state index in [0.717, 1.165) is 29.7 Å². The van der Waals surface area contributed by atoms with Crippen LogP contribution in [0.25, 0.3) is 0 Å². The van der Waals surface area contributed by atoms with Crippen LogP contribution in [0.3, 0.4) is 0 Å². The Kier molecular flexibility index (Phi) is 7.63. The van der Waals surface area contributed by atoms with Gasteiger partial charge in [0.05, 0.1) is 6.61 Å². The van der Waals surface area contributed by atoms with E-state index in [2.05, 4.69) is 34.3 Å². The number of carbonyl (C=O) groups excluding carboxylic acids is 1. The first kappa shape index (κ1) is 21.1. The molecule has 0 fully saturated rings. The summed E-state index contributed by atoms with van der Waals surface area (Å²) in [7, 11) is 0. The summed E-state index contributed by atoms with van der Waals surface area (Å²) in [6, 6.07) is 20.1. The van der Waals surface area contributed by atoms with Crippen molar-refractivity contribution in [2.75, 3.05) is 6.61 Å². The molecule has 2 aromatic carbocycles. The van der Waals surface area contributed by atoms with Crippen molar-refractivity contribution in [1.29, 1.82) is 0 Å². The standard InChI is InChI=1S/C26H26N2O2/c1-20(28-21(2)29)19-25-7-5-22(6-8-25)3-4-23-9-11-26(12-10-23)30-18-15-24-13-16-27-17-14-24/h5-14,16-17,20H,15,18-19H2,1-2H3,(H,28,29). The van der Waals surface area contributed by atoms with Gasteiger partial charge < -0.3 is 10.1 Å². The Hall–Kier alpha value is -3.58.